The number of rotatable bonds is 5. The van der Waals surface area contributed by atoms with E-state index in [2.05, 4.69) is 10.6 Å². The first-order chi connectivity index (χ1) is 15.6. The summed E-state index contributed by atoms with van der Waals surface area (Å²) in [5, 5.41) is 5.90. The highest BCUT2D eigenvalue weighted by molar-refractivity contribution is 5.95. The second kappa shape index (κ2) is 10.0. The minimum absolute atomic E-state index is 0.109. The molecule has 0 spiro atoms. The topological polar surface area (TPSA) is 70.7 Å². The fourth-order valence-electron chi connectivity index (χ4n) is 3.80. The first-order valence-corrected chi connectivity index (χ1v) is 10.8. The highest BCUT2D eigenvalue weighted by Gasteiger charge is 2.29. The van der Waals surface area contributed by atoms with Gasteiger partial charge in [-0.2, -0.15) is 0 Å². The van der Waals surface area contributed by atoms with Crippen molar-refractivity contribution in [2.24, 2.45) is 5.92 Å². The third-order valence-corrected chi connectivity index (χ3v) is 5.47. The Hall–Kier alpha value is -3.80. The zero-order valence-corrected chi connectivity index (χ0v) is 18.1. The fourth-order valence-corrected chi connectivity index (χ4v) is 3.80. The number of hydrogen-bond acceptors (Lipinski definition) is 3. The van der Waals surface area contributed by atoms with Gasteiger partial charge in [-0.1, -0.05) is 42.5 Å². The van der Waals surface area contributed by atoms with Crippen molar-refractivity contribution in [3.8, 4) is 11.5 Å². The van der Waals surface area contributed by atoms with Gasteiger partial charge < -0.3 is 20.3 Å². The number of aryl methyl sites for hydroxylation is 1. The predicted molar refractivity (Wildman–Crippen MR) is 126 cm³/mol. The molecule has 0 radical (unpaired) electrons. The minimum atomic E-state index is -0.280. The molecular weight excluding hydrogens is 402 g/mol. The lowest BCUT2D eigenvalue weighted by atomic mass is 9.97. The molecule has 6 nitrogen and oxygen atoms in total. The molecule has 32 heavy (non-hydrogen) atoms. The predicted octanol–water partition coefficient (Wildman–Crippen LogP) is 5.67. The number of hydrogen-bond donors (Lipinski definition) is 2. The number of nitrogens with one attached hydrogen (secondary N) is 2. The van der Waals surface area contributed by atoms with Crippen LogP contribution in [0.2, 0.25) is 0 Å². The van der Waals surface area contributed by atoms with Crippen molar-refractivity contribution in [2.45, 2.75) is 19.8 Å². The van der Waals surface area contributed by atoms with Crippen LogP contribution < -0.4 is 15.4 Å². The van der Waals surface area contributed by atoms with Gasteiger partial charge in [-0.15, -0.1) is 0 Å². The summed E-state index contributed by atoms with van der Waals surface area (Å²) >= 11 is 0. The van der Waals surface area contributed by atoms with Gasteiger partial charge in [0.25, 0.3) is 0 Å². The Balaban J connectivity index is 1.40. The van der Waals surface area contributed by atoms with Crippen molar-refractivity contribution in [1.82, 2.24) is 4.90 Å². The number of para-hydroxylation sites is 3. The van der Waals surface area contributed by atoms with E-state index < -0.39 is 0 Å². The van der Waals surface area contributed by atoms with Gasteiger partial charge in [-0.3, -0.25) is 4.79 Å². The van der Waals surface area contributed by atoms with Gasteiger partial charge in [0.2, 0.25) is 5.91 Å². The number of nitrogens with zero attached hydrogens (tertiary/aromatic N) is 1. The van der Waals surface area contributed by atoms with Crippen molar-refractivity contribution in [2.75, 3.05) is 23.7 Å². The summed E-state index contributed by atoms with van der Waals surface area (Å²) in [6.07, 6.45) is 1.52. The number of carbonyl (C=O) groups is 2. The molecule has 2 N–H and O–H groups in total. The van der Waals surface area contributed by atoms with Crippen LogP contribution in [0.3, 0.4) is 0 Å². The molecule has 6 heteroatoms. The van der Waals surface area contributed by atoms with Crippen molar-refractivity contribution < 1.29 is 14.3 Å². The molecule has 1 aliphatic heterocycles. The molecule has 1 unspecified atom stereocenters. The SMILES string of the molecule is Cc1cccc(Oc2ccccc2NC(=O)C2CCCN(C(=O)Nc3ccccc3)C2)c1. The molecule has 164 valence electrons. The maximum atomic E-state index is 13.0. The molecule has 1 heterocycles. The minimum Gasteiger partial charge on any atom is -0.455 e. The third-order valence-electron chi connectivity index (χ3n) is 5.47. The van der Waals surface area contributed by atoms with E-state index in [1.165, 1.54) is 0 Å². The molecule has 1 fully saturated rings. The Morgan fingerprint density at radius 3 is 2.53 bits per heavy atom. The van der Waals surface area contributed by atoms with Crippen LogP contribution >= 0.6 is 0 Å². The highest BCUT2D eigenvalue weighted by Crippen LogP contribution is 2.30. The van der Waals surface area contributed by atoms with E-state index in [4.69, 9.17) is 4.74 Å². The number of likely N-dealkylation sites (tertiary alicyclic amines) is 1. The molecular formula is C26H27N3O3. The molecule has 0 aliphatic carbocycles. The Morgan fingerprint density at radius 1 is 0.938 bits per heavy atom. The van der Waals surface area contributed by atoms with Crippen LogP contribution in [0.15, 0.2) is 78.9 Å². The maximum absolute atomic E-state index is 13.0. The molecule has 1 saturated heterocycles. The molecule has 3 aromatic rings. The Morgan fingerprint density at radius 2 is 1.72 bits per heavy atom. The fraction of sp³-hybridized carbons (Fsp3) is 0.231. The van der Waals surface area contributed by atoms with Crippen LogP contribution in [-0.2, 0) is 4.79 Å². The first kappa shape index (κ1) is 21.4. The number of urea groups is 1. The lowest BCUT2D eigenvalue weighted by Gasteiger charge is -2.32. The van der Waals surface area contributed by atoms with E-state index in [9.17, 15) is 9.59 Å². The summed E-state index contributed by atoms with van der Waals surface area (Å²) in [5.74, 6) is 0.911. The van der Waals surface area contributed by atoms with Crippen molar-refractivity contribution in [1.29, 1.82) is 0 Å². The Bertz CT molecular complexity index is 1080. The zero-order valence-electron chi connectivity index (χ0n) is 18.1. The maximum Gasteiger partial charge on any atom is 0.321 e. The molecule has 1 atom stereocenters. The monoisotopic (exact) mass is 429 g/mol. The first-order valence-electron chi connectivity index (χ1n) is 10.8. The Labute approximate surface area is 188 Å². The van der Waals surface area contributed by atoms with E-state index in [-0.39, 0.29) is 17.9 Å². The molecule has 1 aliphatic rings. The summed E-state index contributed by atoms with van der Waals surface area (Å²) in [4.78, 5) is 27.4. The van der Waals surface area contributed by atoms with E-state index in [0.29, 0.717) is 30.3 Å². The largest absolute Gasteiger partial charge is 0.455 e. The van der Waals surface area contributed by atoms with Gasteiger partial charge in [0, 0.05) is 18.8 Å². The van der Waals surface area contributed by atoms with Crippen LogP contribution in [0.4, 0.5) is 16.2 Å². The number of piperidine rings is 1. The summed E-state index contributed by atoms with van der Waals surface area (Å²) in [6, 6.07) is 24.3. The van der Waals surface area contributed by atoms with Crippen molar-refractivity contribution in [3.05, 3.63) is 84.4 Å². The van der Waals surface area contributed by atoms with Gasteiger partial charge in [-0.05, 0) is 61.7 Å². The second-order valence-corrected chi connectivity index (χ2v) is 7.99. The normalized spacial score (nSPS) is 15.7. The summed E-state index contributed by atoms with van der Waals surface area (Å²) in [7, 11) is 0. The van der Waals surface area contributed by atoms with Crippen LogP contribution in [0.25, 0.3) is 0 Å². The number of amides is 3. The van der Waals surface area contributed by atoms with Gasteiger partial charge in [0.15, 0.2) is 5.75 Å². The van der Waals surface area contributed by atoms with Gasteiger partial charge >= 0.3 is 6.03 Å². The number of anilines is 2. The summed E-state index contributed by atoms with van der Waals surface area (Å²) in [5.41, 5.74) is 2.45. The number of ether oxygens (including phenoxy) is 1. The van der Waals surface area contributed by atoms with Crippen molar-refractivity contribution >= 4 is 23.3 Å². The van der Waals surface area contributed by atoms with Crippen LogP contribution in [0.5, 0.6) is 11.5 Å². The van der Waals surface area contributed by atoms with Gasteiger partial charge in [0.1, 0.15) is 5.75 Å². The highest BCUT2D eigenvalue weighted by atomic mass is 16.5. The second-order valence-electron chi connectivity index (χ2n) is 7.99. The van der Waals surface area contributed by atoms with Crippen LogP contribution in [-0.4, -0.2) is 29.9 Å². The molecule has 0 bridgehead atoms. The smallest absolute Gasteiger partial charge is 0.321 e. The standard InChI is InChI=1S/C26H27N3O3/c1-19-9-7-13-22(17-19)32-24-15-6-5-14-23(24)28-25(30)20-10-8-16-29(18-20)26(31)27-21-11-3-2-4-12-21/h2-7,9,11-15,17,20H,8,10,16,18H2,1H3,(H,27,31)(H,28,30). The molecule has 0 aromatic heterocycles. The lowest BCUT2D eigenvalue weighted by Crippen LogP contribution is -2.45. The summed E-state index contributed by atoms with van der Waals surface area (Å²) < 4.78 is 6.02. The molecule has 4 rings (SSSR count). The molecule has 0 saturated carbocycles. The molecule has 3 amide bonds. The van der Waals surface area contributed by atoms with Crippen LogP contribution in [0, 0.1) is 12.8 Å². The van der Waals surface area contributed by atoms with Crippen LogP contribution in [0.1, 0.15) is 18.4 Å². The van der Waals surface area contributed by atoms with E-state index in [1.54, 1.807) is 4.90 Å². The van der Waals surface area contributed by atoms with E-state index in [0.717, 1.165) is 24.1 Å². The average molecular weight is 430 g/mol. The van der Waals surface area contributed by atoms with Gasteiger partial charge in [-0.25, -0.2) is 4.79 Å². The quantitative estimate of drug-likeness (QED) is 0.549. The Kier molecular flexibility index (Phi) is 6.70. The molecule has 3 aromatic carbocycles. The van der Waals surface area contributed by atoms with E-state index >= 15 is 0 Å². The van der Waals surface area contributed by atoms with Gasteiger partial charge in [0.05, 0.1) is 11.6 Å². The lowest BCUT2D eigenvalue weighted by molar-refractivity contribution is -0.121. The average Bonchev–Trinajstić information content (AvgIpc) is 2.81. The number of benzene rings is 3. The van der Waals surface area contributed by atoms with Crippen molar-refractivity contribution in [3.63, 3.8) is 0 Å². The number of carbonyl (C=O) groups excluding carboxylic acids is 2. The third kappa shape index (κ3) is 5.46. The van der Waals surface area contributed by atoms with E-state index in [1.807, 2.05) is 85.8 Å². The zero-order chi connectivity index (χ0) is 22.3. The summed E-state index contributed by atoms with van der Waals surface area (Å²) in [6.45, 7) is 3.02.